The van der Waals surface area contributed by atoms with Gasteiger partial charge in [0, 0.05) is 11.6 Å². The van der Waals surface area contributed by atoms with Crippen LogP contribution in [0.25, 0.3) is 0 Å². The molecule has 29 heavy (non-hydrogen) atoms. The number of aliphatic hydroxyl groups is 1. The number of hydrazone groups is 1. The van der Waals surface area contributed by atoms with E-state index in [4.69, 9.17) is 10.3 Å². The molecule has 0 saturated heterocycles. The Hall–Kier alpha value is -3.00. The minimum atomic E-state index is -4.93. The number of benzene rings is 1. The van der Waals surface area contributed by atoms with Crippen LogP contribution in [0, 0.1) is 11.8 Å². The summed E-state index contributed by atoms with van der Waals surface area (Å²) in [5.41, 5.74) is 8.14. The molecule has 0 aliphatic heterocycles. The topological polar surface area (TPSA) is 196 Å². The summed E-state index contributed by atoms with van der Waals surface area (Å²) in [4.78, 5) is 11.2. The number of carbonyl (C=O) groups is 1. The number of anilines is 2. The molecule has 2 aliphatic rings. The van der Waals surface area contributed by atoms with Crippen LogP contribution < -0.4 is 11.2 Å². The largest absolute Gasteiger partial charge is 0.511 e. The number of Topliss-reactive ketones (excluding diaryl/α,β-unsaturated/α-hetero) is 1. The van der Waals surface area contributed by atoms with Gasteiger partial charge in [0.2, 0.25) is 0 Å². The number of nitrogens with two attached hydrogens (primary N) is 1. The predicted molar refractivity (Wildman–Crippen MR) is 104 cm³/mol. The number of carbonyl (C=O) groups excluding carboxylic acids is 1. The van der Waals surface area contributed by atoms with Gasteiger partial charge in [-0.2, -0.15) is 21.9 Å². The van der Waals surface area contributed by atoms with Gasteiger partial charge in [-0.25, -0.2) is 0 Å². The standard InChI is InChI=1S/C16H15N3O8S2/c17-9-1-3-10(4-2-9)18-19-15-13(29(25,26)27)6-8-5-11(28(22,23)24)7-12(20)14(8)16(15)21/h1-8,14,18,20H,17H2,(H,22,23,24)(H,25,26,27)/b19-15-. The fraction of sp³-hybridized carbons (Fsp3) is 0.125. The number of nitrogens with zero attached hydrogens (tertiary/aromatic N) is 1. The highest BCUT2D eigenvalue weighted by molar-refractivity contribution is 7.91. The molecule has 6 N–H and O–H groups in total. The molecule has 0 radical (unpaired) electrons. The molecule has 0 saturated carbocycles. The summed E-state index contributed by atoms with van der Waals surface area (Å²) in [5.74, 6) is -4.32. The van der Waals surface area contributed by atoms with Crippen molar-refractivity contribution in [1.82, 2.24) is 0 Å². The molecular formula is C16H15N3O8S2. The number of ketones is 1. The van der Waals surface area contributed by atoms with Crippen LogP contribution in [0.4, 0.5) is 11.4 Å². The lowest BCUT2D eigenvalue weighted by molar-refractivity contribution is -0.117. The molecule has 2 aliphatic carbocycles. The summed E-state index contributed by atoms with van der Waals surface area (Å²) in [6.45, 7) is 0. The lowest BCUT2D eigenvalue weighted by Gasteiger charge is -2.29. The van der Waals surface area contributed by atoms with E-state index in [-0.39, 0.29) is 0 Å². The fourth-order valence-corrected chi connectivity index (χ4v) is 4.22. The molecule has 0 bridgehead atoms. The van der Waals surface area contributed by atoms with E-state index in [0.717, 1.165) is 12.2 Å². The molecule has 0 amide bonds. The first kappa shape index (κ1) is 20.7. The molecule has 1 aromatic carbocycles. The van der Waals surface area contributed by atoms with Crippen molar-refractivity contribution < 1.29 is 35.8 Å². The first-order valence-electron chi connectivity index (χ1n) is 7.91. The zero-order valence-electron chi connectivity index (χ0n) is 14.4. The van der Waals surface area contributed by atoms with Gasteiger partial charge in [-0.15, -0.1) is 0 Å². The first-order valence-corrected chi connectivity index (χ1v) is 10.8. The maximum absolute atomic E-state index is 12.8. The monoisotopic (exact) mass is 441 g/mol. The normalized spacial score (nSPS) is 23.7. The lowest BCUT2D eigenvalue weighted by Crippen LogP contribution is -2.39. The van der Waals surface area contributed by atoms with Crippen molar-refractivity contribution in [3.63, 3.8) is 0 Å². The van der Waals surface area contributed by atoms with Crippen molar-refractivity contribution in [1.29, 1.82) is 0 Å². The van der Waals surface area contributed by atoms with Crippen molar-refractivity contribution in [3.8, 4) is 0 Å². The van der Waals surface area contributed by atoms with Gasteiger partial charge in [-0.1, -0.05) is 12.2 Å². The van der Waals surface area contributed by atoms with Crippen LogP contribution in [0.15, 0.2) is 63.2 Å². The maximum atomic E-state index is 12.8. The summed E-state index contributed by atoms with van der Waals surface area (Å²) in [6.07, 6.45) is 2.46. The Kier molecular flexibility index (Phi) is 5.08. The van der Waals surface area contributed by atoms with E-state index in [1.165, 1.54) is 24.3 Å². The molecule has 0 aromatic heterocycles. The molecule has 154 valence electrons. The predicted octanol–water partition coefficient (Wildman–Crippen LogP) is 0.851. The summed E-state index contributed by atoms with van der Waals surface area (Å²) in [7, 11) is -9.66. The molecule has 0 fully saturated rings. The van der Waals surface area contributed by atoms with Crippen molar-refractivity contribution >= 4 is 43.1 Å². The third-order valence-electron chi connectivity index (χ3n) is 4.23. The Morgan fingerprint density at radius 1 is 1.00 bits per heavy atom. The quantitative estimate of drug-likeness (QED) is 0.254. The molecule has 13 heteroatoms. The van der Waals surface area contributed by atoms with Crippen LogP contribution in [0.5, 0.6) is 0 Å². The van der Waals surface area contributed by atoms with E-state index in [1.807, 2.05) is 0 Å². The van der Waals surface area contributed by atoms with Crippen LogP contribution in [0.3, 0.4) is 0 Å². The Balaban J connectivity index is 2.10. The first-order chi connectivity index (χ1) is 13.4. The highest BCUT2D eigenvalue weighted by Crippen LogP contribution is 2.37. The molecule has 3 rings (SSSR count). The van der Waals surface area contributed by atoms with Crippen molar-refractivity contribution in [3.05, 3.63) is 58.1 Å². The molecule has 0 heterocycles. The second kappa shape index (κ2) is 7.11. The number of hydrogen-bond acceptors (Lipinski definition) is 9. The average Bonchev–Trinajstić information content (AvgIpc) is 2.60. The second-order valence-corrected chi connectivity index (χ2v) is 9.04. The van der Waals surface area contributed by atoms with Crippen LogP contribution in [-0.4, -0.2) is 42.5 Å². The van der Waals surface area contributed by atoms with Gasteiger partial charge in [0.25, 0.3) is 20.2 Å². The molecular weight excluding hydrogens is 426 g/mol. The van der Waals surface area contributed by atoms with Crippen molar-refractivity contribution in [2.24, 2.45) is 16.9 Å². The van der Waals surface area contributed by atoms with E-state index in [2.05, 4.69) is 10.5 Å². The number of hydrogen-bond donors (Lipinski definition) is 5. The molecule has 11 nitrogen and oxygen atoms in total. The van der Waals surface area contributed by atoms with E-state index in [1.54, 1.807) is 0 Å². The molecule has 1 aromatic rings. The van der Waals surface area contributed by atoms with Gasteiger partial charge >= 0.3 is 0 Å². The van der Waals surface area contributed by atoms with Crippen molar-refractivity contribution in [2.75, 3.05) is 11.2 Å². The van der Waals surface area contributed by atoms with Gasteiger partial charge in [-0.3, -0.25) is 19.3 Å². The number of nitrogen functional groups attached to an aromatic ring is 1. The van der Waals surface area contributed by atoms with Gasteiger partial charge in [0.05, 0.1) is 16.5 Å². The Bertz CT molecular complexity index is 1210. The minimum absolute atomic E-state index is 0.355. The Labute approximate surface area is 165 Å². The molecule has 2 atom stereocenters. The fourth-order valence-electron chi connectivity index (χ4n) is 2.90. The van der Waals surface area contributed by atoms with E-state index >= 15 is 0 Å². The highest BCUT2D eigenvalue weighted by Gasteiger charge is 2.44. The third kappa shape index (κ3) is 4.22. The summed E-state index contributed by atoms with van der Waals surface area (Å²) < 4.78 is 64.9. The van der Waals surface area contributed by atoms with E-state index in [9.17, 15) is 31.3 Å². The SMILES string of the molecule is Nc1ccc(N/N=C2\C(=O)C3C(O)=CC(S(=O)(=O)O)=CC3C=C2S(=O)(=O)O)cc1. The van der Waals surface area contributed by atoms with Gasteiger partial charge < -0.3 is 10.8 Å². The number of fused-ring (bicyclic) bond motifs is 1. The number of allylic oxidation sites excluding steroid dienone is 5. The van der Waals surface area contributed by atoms with E-state index < -0.39 is 59.1 Å². The molecule has 0 spiro atoms. The number of nitrogens with one attached hydrogen (secondary N) is 1. The second-order valence-electron chi connectivity index (χ2n) is 6.23. The zero-order chi connectivity index (χ0) is 21.6. The summed E-state index contributed by atoms with van der Waals surface area (Å²) >= 11 is 0. The minimum Gasteiger partial charge on any atom is -0.511 e. The molecule has 2 unspecified atom stereocenters. The summed E-state index contributed by atoms with van der Waals surface area (Å²) in [6, 6.07) is 6.06. The van der Waals surface area contributed by atoms with Crippen LogP contribution in [0.2, 0.25) is 0 Å². The lowest BCUT2D eigenvalue weighted by atomic mass is 9.78. The highest BCUT2D eigenvalue weighted by atomic mass is 32.2. The van der Waals surface area contributed by atoms with Gasteiger partial charge in [0.1, 0.15) is 16.4 Å². The van der Waals surface area contributed by atoms with Crippen molar-refractivity contribution in [2.45, 2.75) is 0 Å². The Morgan fingerprint density at radius 3 is 2.17 bits per heavy atom. The maximum Gasteiger partial charge on any atom is 0.296 e. The zero-order valence-corrected chi connectivity index (χ0v) is 16.1. The smallest absolute Gasteiger partial charge is 0.296 e. The van der Waals surface area contributed by atoms with Crippen LogP contribution in [-0.2, 0) is 25.0 Å². The van der Waals surface area contributed by atoms with Gasteiger partial charge in [0.15, 0.2) is 5.78 Å². The number of rotatable bonds is 4. The Morgan fingerprint density at radius 2 is 1.62 bits per heavy atom. The van der Waals surface area contributed by atoms with E-state index in [0.29, 0.717) is 17.5 Å². The number of aliphatic hydroxyl groups excluding tert-OH is 1. The summed E-state index contributed by atoms with van der Waals surface area (Å²) in [5, 5.41) is 13.9. The average molecular weight is 441 g/mol. The van der Waals surface area contributed by atoms with Gasteiger partial charge in [-0.05, 0) is 30.3 Å². The van der Waals surface area contributed by atoms with Crippen LogP contribution >= 0.6 is 0 Å². The third-order valence-corrected chi connectivity index (χ3v) is 5.96. The van der Waals surface area contributed by atoms with Crippen LogP contribution in [0.1, 0.15) is 0 Å².